The summed E-state index contributed by atoms with van der Waals surface area (Å²) in [7, 11) is -1.54. The summed E-state index contributed by atoms with van der Waals surface area (Å²) in [6.45, 7) is 6.53. The maximum absolute atomic E-state index is 13.4. The molecule has 3 N–H and O–H groups in total. The molecule has 0 radical (unpaired) electrons. The smallest absolute Gasteiger partial charge is 0.251 e. The number of rotatable bonds is 11. The first-order valence-corrected chi connectivity index (χ1v) is 12.9. The highest BCUT2D eigenvalue weighted by Gasteiger charge is 2.28. The number of carbonyl (C=O) groups excluding carboxylic acids is 1. The van der Waals surface area contributed by atoms with E-state index >= 15 is 0 Å². The second kappa shape index (κ2) is 12.6. The molecule has 0 aromatic heterocycles. The van der Waals surface area contributed by atoms with Crippen molar-refractivity contribution in [3.8, 4) is 5.75 Å². The first-order valence-electron chi connectivity index (χ1n) is 11.8. The average Bonchev–Trinajstić information content (AvgIpc) is 2.83. The summed E-state index contributed by atoms with van der Waals surface area (Å²) < 4.78 is 15.1. The molecule has 2 unspecified atom stereocenters. The normalized spacial score (nSPS) is 14.0. The fourth-order valence-electron chi connectivity index (χ4n) is 3.89. The first kappa shape index (κ1) is 26.6. The van der Waals surface area contributed by atoms with Gasteiger partial charge in [0.25, 0.3) is 5.91 Å². The van der Waals surface area contributed by atoms with E-state index in [0.717, 1.165) is 11.1 Å². The van der Waals surface area contributed by atoms with Gasteiger partial charge in [0.1, 0.15) is 16.7 Å². The van der Waals surface area contributed by atoms with Crippen LogP contribution in [0.25, 0.3) is 0 Å². The summed E-state index contributed by atoms with van der Waals surface area (Å²) in [6.07, 6.45) is -0.538. The van der Waals surface area contributed by atoms with Crippen LogP contribution in [0.3, 0.4) is 0 Å². The highest BCUT2D eigenvalue weighted by Crippen LogP contribution is 2.19. The summed E-state index contributed by atoms with van der Waals surface area (Å²) in [5.41, 5.74) is 2.40. The predicted octanol–water partition coefficient (Wildman–Crippen LogP) is 4.08. The van der Waals surface area contributed by atoms with Crippen LogP contribution in [0.4, 0.5) is 0 Å². The van der Waals surface area contributed by atoms with E-state index in [9.17, 15) is 19.2 Å². The van der Waals surface area contributed by atoms with Crippen molar-refractivity contribution in [1.29, 1.82) is 0 Å². The van der Waals surface area contributed by atoms with E-state index in [-0.39, 0.29) is 24.1 Å². The lowest BCUT2D eigenvalue weighted by atomic mass is 9.99. The van der Waals surface area contributed by atoms with Crippen LogP contribution >= 0.6 is 0 Å². The van der Waals surface area contributed by atoms with Gasteiger partial charge in [0.05, 0.1) is 17.0 Å². The molecule has 0 spiro atoms. The molecule has 0 aliphatic carbocycles. The second-order valence-corrected chi connectivity index (χ2v) is 10.6. The minimum absolute atomic E-state index is 0.100. The summed E-state index contributed by atoms with van der Waals surface area (Å²) in [6, 6.07) is 22.7. The fraction of sp³-hybridized carbons (Fsp3) is 0.321. The topological polar surface area (TPSA) is 89.9 Å². The Kier molecular flexibility index (Phi) is 9.60. The van der Waals surface area contributed by atoms with Crippen molar-refractivity contribution in [2.24, 2.45) is 5.92 Å². The van der Waals surface area contributed by atoms with Gasteiger partial charge in [-0.1, -0.05) is 62.4 Å². The third-order valence-corrected chi connectivity index (χ3v) is 7.14. The molecule has 3 aromatic rings. The van der Waals surface area contributed by atoms with Gasteiger partial charge in [-0.25, -0.2) is 8.51 Å². The number of aliphatic hydroxyl groups excluding tert-OH is 1. The minimum Gasteiger partial charge on any atom is -0.508 e. The molecule has 0 fully saturated rings. The van der Waals surface area contributed by atoms with Crippen molar-refractivity contribution < 1.29 is 19.2 Å². The molecule has 186 valence electrons. The lowest BCUT2D eigenvalue weighted by Crippen LogP contribution is -2.50. The van der Waals surface area contributed by atoms with Crippen LogP contribution in [0.2, 0.25) is 0 Å². The Morgan fingerprint density at radius 2 is 1.57 bits per heavy atom. The number of nitrogens with zero attached hydrogens (tertiary/aromatic N) is 1. The number of phenols is 1. The van der Waals surface area contributed by atoms with Gasteiger partial charge in [-0.3, -0.25) is 4.79 Å². The van der Waals surface area contributed by atoms with Gasteiger partial charge in [-0.15, -0.1) is 0 Å². The van der Waals surface area contributed by atoms with Crippen LogP contribution in [0.15, 0.2) is 83.8 Å². The molecule has 0 aliphatic rings. The van der Waals surface area contributed by atoms with Gasteiger partial charge in [0.15, 0.2) is 0 Å². The van der Waals surface area contributed by atoms with Crippen LogP contribution in [0, 0.1) is 12.8 Å². The number of nitrogens with one attached hydrogen (secondary N) is 1. The molecule has 3 rings (SSSR count). The van der Waals surface area contributed by atoms with E-state index in [2.05, 4.69) is 5.32 Å². The highest BCUT2D eigenvalue weighted by molar-refractivity contribution is 7.82. The summed E-state index contributed by atoms with van der Waals surface area (Å²) in [4.78, 5) is 13.6. The van der Waals surface area contributed by atoms with Gasteiger partial charge in [0.2, 0.25) is 0 Å². The van der Waals surface area contributed by atoms with Crippen molar-refractivity contribution in [3.63, 3.8) is 0 Å². The minimum atomic E-state index is -1.54. The van der Waals surface area contributed by atoms with Crippen LogP contribution < -0.4 is 5.32 Å². The lowest BCUT2D eigenvalue weighted by Gasteiger charge is -2.30. The number of hydrogen-bond acceptors (Lipinski definition) is 4. The Morgan fingerprint density at radius 1 is 0.943 bits per heavy atom. The Bertz CT molecular complexity index is 1120. The molecule has 7 heteroatoms. The van der Waals surface area contributed by atoms with E-state index in [4.69, 9.17) is 0 Å². The second-order valence-electron chi connectivity index (χ2n) is 9.14. The Balaban J connectivity index is 1.83. The number of phenolic OH excluding ortho intramolecular Hbond substituents is 1. The summed E-state index contributed by atoms with van der Waals surface area (Å²) >= 11 is 0. The lowest BCUT2D eigenvalue weighted by molar-refractivity contribution is 0.0779. The zero-order chi connectivity index (χ0) is 25.4. The molecular formula is C28H34N2O4S. The number of hydrogen-bond donors (Lipinski definition) is 3. The molecule has 0 saturated carbocycles. The van der Waals surface area contributed by atoms with E-state index in [1.807, 2.05) is 69.3 Å². The highest BCUT2D eigenvalue weighted by atomic mass is 32.2. The number of amides is 1. The van der Waals surface area contributed by atoms with Crippen molar-refractivity contribution in [1.82, 2.24) is 9.62 Å². The molecule has 0 aliphatic heterocycles. The monoisotopic (exact) mass is 494 g/mol. The van der Waals surface area contributed by atoms with Crippen molar-refractivity contribution >= 4 is 16.9 Å². The maximum atomic E-state index is 13.4. The molecular weight excluding hydrogens is 460 g/mol. The Morgan fingerprint density at radius 3 is 2.20 bits per heavy atom. The molecule has 35 heavy (non-hydrogen) atoms. The quantitative estimate of drug-likeness (QED) is 0.375. The fourth-order valence-corrected chi connectivity index (χ4v) is 5.28. The zero-order valence-corrected chi connectivity index (χ0v) is 21.2. The molecule has 0 saturated heterocycles. The third-order valence-electron chi connectivity index (χ3n) is 5.70. The first-order chi connectivity index (χ1) is 16.7. The number of aromatic hydroxyl groups is 1. The van der Waals surface area contributed by atoms with Crippen LogP contribution in [-0.4, -0.2) is 49.9 Å². The van der Waals surface area contributed by atoms with E-state index < -0.39 is 23.1 Å². The van der Waals surface area contributed by atoms with Gasteiger partial charge in [-0.05, 0) is 60.7 Å². The Hall–Kier alpha value is -3.00. The van der Waals surface area contributed by atoms with Crippen molar-refractivity contribution in [2.45, 2.75) is 44.2 Å². The molecule has 0 heterocycles. The number of benzene rings is 3. The predicted molar refractivity (Wildman–Crippen MR) is 140 cm³/mol. The molecule has 3 atom stereocenters. The maximum Gasteiger partial charge on any atom is 0.251 e. The third kappa shape index (κ3) is 7.75. The number of carbonyl (C=O) groups is 1. The number of aliphatic hydroxyl groups is 1. The van der Waals surface area contributed by atoms with E-state index in [0.29, 0.717) is 23.4 Å². The zero-order valence-electron chi connectivity index (χ0n) is 20.4. The SMILES string of the molecule is Cc1ccccc1C(=O)NC(Cc1ccccc1)[C@H](O)CN(CC(C)C)S(=O)c1ccc(O)cc1. The van der Waals surface area contributed by atoms with Crippen molar-refractivity contribution in [2.75, 3.05) is 13.1 Å². The van der Waals surface area contributed by atoms with Crippen LogP contribution in [0.5, 0.6) is 5.75 Å². The number of aryl methyl sites for hydroxylation is 1. The largest absolute Gasteiger partial charge is 0.508 e. The van der Waals surface area contributed by atoms with Crippen LogP contribution in [-0.2, 0) is 17.4 Å². The van der Waals surface area contributed by atoms with Gasteiger partial charge in [0, 0.05) is 18.7 Å². The van der Waals surface area contributed by atoms with Gasteiger partial charge >= 0.3 is 0 Å². The van der Waals surface area contributed by atoms with E-state index in [1.165, 1.54) is 12.1 Å². The molecule has 0 bridgehead atoms. The molecule has 1 amide bonds. The standard InChI is InChI=1S/C28H34N2O4S/c1-20(2)18-30(35(34)24-15-13-23(31)14-16-24)19-27(32)26(17-22-10-5-4-6-11-22)29-28(33)25-12-8-7-9-21(25)3/h4-16,20,26-27,31-32H,17-19H2,1-3H3,(H,29,33)/t26?,27-,35?/m1/s1. The van der Waals surface area contributed by atoms with Crippen molar-refractivity contribution in [3.05, 3.63) is 95.6 Å². The summed E-state index contributed by atoms with van der Waals surface area (Å²) in [5.74, 6) is 0.0542. The van der Waals surface area contributed by atoms with Gasteiger partial charge in [-0.2, -0.15) is 0 Å². The average molecular weight is 495 g/mol. The molecule has 6 nitrogen and oxygen atoms in total. The van der Waals surface area contributed by atoms with Crippen LogP contribution in [0.1, 0.15) is 35.3 Å². The van der Waals surface area contributed by atoms with Gasteiger partial charge < -0.3 is 15.5 Å². The summed E-state index contributed by atoms with van der Waals surface area (Å²) in [5, 5.41) is 23.9. The van der Waals surface area contributed by atoms with E-state index in [1.54, 1.807) is 22.5 Å². The Labute approximate surface area is 210 Å². The molecule has 3 aromatic carbocycles.